The van der Waals surface area contributed by atoms with Gasteiger partial charge in [-0.3, -0.25) is 9.59 Å². The van der Waals surface area contributed by atoms with E-state index in [1.807, 2.05) is 0 Å². The van der Waals surface area contributed by atoms with E-state index in [0.717, 1.165) is 12.1 Å². The summed E-state index contributed by atoms with van der Waals surface area (Å²) in [6.07, 6.45) is -4.42. The monoisotopic (exact) mass is 304 g/mol. The number of primary amides is 1. The van der Waals surface area contributed by atoms with Crippen molar-refractivity contribution in [2.75, 3.05) is 13.7 Å². The molecule has 21 heavy (non-hydrogen) atoms. The average Bonchev–Trinajstić information content (AvgIpc) is 2.37. The molecule has 0 saturated heterocycles. The molecular weight excluding hydrogens is 289 g/mol. The van der Waals surface area contributed by atoms with Gasteiger partial charge in [0.1, 0.15) is 12.6 Å². The quantitative estimate of drug-likeness (QED) is 0.818. The number of halogens is 3. The van der Waals surface area contributed by atoms with E-state index in [2.05, 4.69) is 10.1 Å². The molecular formula is C13H15F3N2O3. The van der Waals surface area contributed by atoms with Crippen molar-refractivity contribution in [1.82, 2.24) is 5.32 Å². The first-order chi connectivity index (χ1) is 9.74. The highest BCUT2D eigenvalue weighted by Gasteiger charge is 2.30. The second-order valence-electron chi connectivity index (χ2n) is 4.35. The van der Waals surface area contributed by atoms with Gasteiger partial charge in [-0.2, -0.15) is 13.2 Å². The number of amides is 2. The predicted molar refractivity (Wildman–Crippen MR) is 68.1 cm³/mol. The lowest BCUT2D eigenvalue weighted by molar-refractivity contribution is -0.137. The van der Waals surface area contributed by atoms with Gasteiger partial charge in [0.25, 0.3) is 0 Å². The van der Waals surface area contributed by atoms with Crippen LogP contribution in [0.1, 0.15) is 11.1 Å². The van der Waals surface area contributed by atoms with Gasteiger partial charge in [-0.15, -0.1) is 0 Å². The van der Waals surface area contributed by atoms with Crippen molar-refractivity contribution in [3.63, 3.8) is 0 Å². The van der Waals surface area contributed by atoms with Crippen LogP contribution in [0.2, 0.25) is 0 Å². The first-order valence-corrected chi connectivity index (χ1v) is 5.97. The Bertz CT molecular complexity index is 500. The highest BCUT2D eigenvalue weighted by molar-refractivity contribution is 5.87. The fraction of sp³-hybridized carbons (Fsp3) is 0.385. The molecule has 2 amide bonds. The Morgan fingerprint density at radius 2 is 1.86 bits per heavy atom. The van der Waals surface area contributed by atoms with E-state index < -0.39 is 29.6 Å². The van der Waals surface area contributed by atoms with Crippen LogP contribution in [0.3, 0.4) is 0 Å². The SMILES string of the molecule is COCC(=O)N[C@@H](Cc1ccc(C(F)(F)F)cc1)C(N)=O. The van der Waals surface area contributed by atoms with Crippen LogP contribution in [0, 0.1) is 0 Å². The summed E-state index contributed by atoms with van der Waals surface area (Å²) in [5.74, 6) is -1.31. The zero-order valence-electron chi connectivity index (χ0n) is 11.2. The Labute approximate surface area is 119 Å². The first-order valence-electron chi connectivity index (χ1n) is 5.97. The van der Waals surface area contributed by atoms with E-state index in [0.29, 0.717) is 5.56 Å². The van der Waals surface area contributed by atoms with Gasteiger partial charge in [-0.25, -0.2) is 0 Å². The summed E-state index contributed by atoms with van der Waals surface area (Å²) in [4.78, 5) is 22.6. The second kappa shape index (κ2) is 7.07. The third-order valence-electron chi connectivity index (χ3n) is 2.68. The number of benzene rings is 1. The highest BCUT2D eigenvalue weighted by Crippen LogP contribution is 2.29. The standard InChI is InChI=1S/C13H15F3N2O3/c1-21-7-11(19)18-10(12(17)20)6-8-2-4-9(5-3-8)13(14,15)16/h2-5,10H,6-7H2,1H3,(H2,17,20)(H,18,19)/t10-/m0/s1. The van der Waals surface area contributed by atoms with Gasteiger partial charge in [0.05, 0.1) is 5.56 Å². The Morgan fingerprint density at radius 1 is 1.29 bits per heavy atom. The molecule has 0 unspecified atom stereocenters. The number of carbonyl (C=O) groups is 2. The number of nitrogens with one attached hydrogen (secondary N) is 1. The van der Waals surface area contributed by atoms with Crippen molar-refractivity contribution in [1.29, 1.82) is 0 Å². The maximum absolute atomic E-state index is 12.4. The van der Waals surface area contributed by atoms with Gasteiger partial charge in [0.15, 0.2) is 0 Å². The molecule has 116 valence electrons. The summed E-state index contributed by atoms with van der Waals surface area (Å²) in [6.45, 7) is -0.239. The van der Waals surface area contributed by atoms with Crippen LogP contribution in [-0.2, 0) is 26.9 Å². The van der Waals surface area contributed by atoms with E-state index in [1.165, 1.54) is 19.2 Å². The van der Waals surface area contributed by atoms with Crippen molar-refractivity contribution in [3.8, 4) is 0 Å². The van der Waals surface area contributed by atoms with Crippen LogP contribution < -0.4 is 11.1 Å². The average molecular weight is 304 g/mol. The van der Waals surface area contributed by atoms with Crippen molar-refractivity contribution in [2.24, 2.45) is 5.73 Å². The molecule has 1 aromatic rings. The molecule has 0 bridgehead atoms. The van der Waals surface area contributed by atoms with Crippen LogP contribution in [0.5, 0.6) is 0 Å². The van der Waals surface area contributed by atoms with E-state index in [9.17, 15) is 22.8 Å². The fourth-order valence-corrected chi connectivity index (χ4v) is 1.66. The largest absolute Gasteiger partial charge is 0.416 e. The molecule has 1 atom stereocenters. The van der Waals surface area contributed by atoms with Crippen LogP contribution in [-0.4, -0.2) is 31.6 Å². The highest BCUT2D eigenvalue weighted by atomic mass is 19.4. The van der Waals surface area contributed by atoms with Gasteiger partial charge in [0.2, 0.25) is 11.8 Å². The number of carbonyl (C=O) groups excluding carboxylic acids is 2. The number of hydrogen-bond acceptors (Lipinski definition) is 3. The normalized spacial score (nSPS) is 12.8. The Balaban J connectivity index is 2.76. The number of rotatable bonds is 6. The summed E-state index contributed by atoms with van der Waals surface area (Å²) >= 11 is 0. The number of alkyl halides is 3. The van der Waals surface area contributed by atoms with Crippen molar-refractivity contribution >= 4 is 11.8 Å². The smallest absolute Gasteiger partial charge is 0.375 e. The molecule has 0 aromatic heterocycles. The number of hydrogen-bond donors (Lipinski definition) is 2. The third-order valence-corrected chi connectivity index (χ3v) is 2.68. The number of ether oxygens (including phenoxy) is 1. The minimum absolute atomic E-state index is 0.00290. The van der Waals surface area contributed by atoms with Gasteiger partial charge < -0.3 is 15.8 Å². The van der Waals surface area contributed by atoms with Crippen LogP contribution >= 0.6 is 0 Å². The van der Waals surface area contributed by atoms with E-state index >= 15 is 0 Å². The van der Waals surface area contributed by atoms with E-state index in [-0.39, 0.29) is 13.0 Å². The molecule has 1 aromatic carbocycles. The summed E-state index contributed by atoms with van der Waals surface area (Å²) in [7, 11) is 1.31. The summed E-state index contributed by atoms with van der Waals surface area (Å²) < 4.78 is 41.9. The van der Waals surface area contributed by atoms with Crippen LogP contribution in [0.4, 0.5) is 13.2 Å². The zero-order valence-corrected chi connectivity index (χ0v) is 11.2. The molecule has 5 nitrogen and oxygen atoms in total. The molecule has 0 aliphatic heterocycles. The van der Waals surface area contributed by atoms with Crippen LogP contribution in [0.25, 0.3) is 0 Å². The first kappa shape index (κ1) is 17.0. The lowest BCUT2D eigenvalue weighted by Gasteiger charge is -2.15. The number of nitrogens with two attached hydrogens (primary N) is 1. The molecule has 0 aliphatic carbocycles. The molecule has 1 rings (SSSR count). The van der Waals surface area contributed by atoms with Crippen LogP contribution in [0.15, 0.2) is 24.3 Å². The zero-order chi connectivity index (χ0) is 16.0. The maximum Gasteiger partial charge on any atom is 0.416 e. The van der Waals surface area contributed by atoms with Gasteiger partial charge in [-0.1, -0.05) is 12.1 Å². The van der Waals surface area contributed by atoms with E-state index in [4.69, 9.17) is 5.73 Å². The maximum atomic E-state index is 12.4. The molecule has 8 heteroatoms. The summed E-state index contributed by atoms with van der Waals surface area (Å²) in [5, 5.41) is 2.35. The van der Waals surface area contributed by atoms with Crippen molar-refractivity contribution < 1.29 is 27.5 Å². The topological polar surface area (TPSA) is 81.4 Å². The summed E-state index contributed by atoms with van der Waals surface area (Å²) in [6, 6.07) is 3.28. The van der Waals surface area contributed by atoms with Crippen molar-refractivity contribution in [2.45, 2.75) is 18.6 Å². The molecule has 0 saturated carbocycles. The summed E-state index contributed by atoms with van der Waals surface area (Å²) in [5.41, 5.74) is 4.82. The van der Waals surface area contributed by atoms with Gasteiger partial charge >= 0.3 is 6.18 Å². The molecule has 0 radical (unpaired) electrons. The Hall–Kier alpha value is -2.09. The Kier molecular flexibility index (Phi) is 5.71. The fourth-order valence-electron chi connectivity index (χ4n) is 1.66. The molecule has 3 N–H and O–H groups in total. The lowest BCUT2D eigenvalue weighted by Crippen LogP contribution is -2.47. The molecule has 0 fully saturated rings. The predicted octanol–water partition coefficient (Wildman–Crippen LogP) is 0.864. The molecule has 0 aliphatic rings. The van der Waals surface area contributed by atoms with Gasteiger partial charge in [-0.05, 0) is 17.7 Å². The van der Waals surface area contributed by atoms with Crippen molar-refractivity contribution in [3.05, 3.63) is 35.4 Å². The number of methoxy groups -OCH3 is 1. The second-order valence-corrected chi connectivity index (χ2v) is 4.35. The Morgan fingerprint density at radius 3 is 2.29 bits per heavy atom. The molecule has 0 spiro atoms. The van der Waals surface area contributed by atoms with E-state index in [1.54, 1.807) is 0 Å². The third kappa shape index (κ3) is 5.42. The lowest BCUT2D eigenvalue weighted by atomic mass is 10.0. The molecule has 0 heterocycles. The minimum Gasteiger partial charge on any atom is -0.375 e. The van der Waals surface area contributed by atoms with Gasteiger partial charge in [0, 0.05) is 13.5 Å². The minimum atomic E-state index is -4.42.